The van der Waals surface area contributed by atoms with E-state index in [1.807, 2.05) is 0 Å². The summed E-state index contributed by atoms with van der Waals surface area (Å²) in [7, 11) is -2.37. The van der Waals surface area contributed by atoms with Gasteiger partial charge in [-0.15, -0.1) is 0 Å². The second-order valence-corrected chi connectivity index (χ2v) is 7.10. The summed E-state index contributed by atoms with van der Waals surface area (Å²) < 4.78 is 33.0. The van der Waals surface area contributed by atoms with Gasteiger partial charge in [0, 0.05) is 11.8 Å². The number of nitrogens with zero attached hydrogens (tertiary/aromatic N) is 1. The number of carboxylic acids is 1. The van der Waals surface area contributed by atoms with Gasteiger partial charge >= 0.3 is 29.6 Å². The number of methoxy groups -OCH3 is 1. The molecule has 0 unspecified atom stereocenters. The number of hydrogen-bond donors (Lipinski definition) is 0. The zero-order chi connectivity index (χ0) is 17.5. The summed E-state index contributed by atoms with van der Waals surface area (Å²) in [6.45, 7) is 1.67. The van der Waals surface area contributed by atoms with Crippen molar-refractivity contribution in [1.29, 1.82) is 0 Å². The van der Waals surface area contributed by atoms with Crippen LogP contribution in [0.2, 0.25) is 0 Å². The van der Waals surface area contributed by atoms with Crippen molar-refractivity contribution in [2.24, 2.45) is 0 Å². The summed E-state index contributed by atoms with van der Waals surface area (Å²) in [4.78, 5) is 10.8. The molecule has 6 nitrogen and oxygen atoms in total. The third-order valence-corrected chi connectivity index (χ3v) is 5.74. The van der Waals surface area contributed by atoms with Crippen LogP contribution in [0.1, 0.15) is 15.9 Å². The first-order chi connectivity index (χ1) is 11.4. The number of carboxylic acid groups (broad SMARTS) is 1. The first kappa shape index (κ1) is 19.5. The summed E-state index contributed by atoms with van der Waals surface area (Å²) in [6.07, 6.45) is 1.65. The number of hydrogen-bond acceptors (Lipinski definition) is 5. The van der Waals surface area contributed by atoms with E-state index in [1.54, 1.807) is 35.7 Å². The molecule has 25 heavy (non-hydrogen) atoms. The smallest absolute Gasteiger partial charge is 0.545 e. The molecule has 124 valence electrons. The fourth-order valence-corrected chi connectivity index (χ4v) is 4.38. The second-order valence-electron chi connectivity index (χ2n) is 5.23. The SMILES string of the molecule is COc1c(C)c(S(=O)(=O)c2ccc(C(=O)[O-])cc2)n2ccccc12.[Na+]. The van der Waals surface area contributed by atoms with Gasteiger partial charge in [0.1, 0.15) is 5.75 Å². The number of sulfone groups is 1. The summed E-state index contributed by atoms with van der Waals surface area (Å²) >= 11 is 0. The van der Waals surface area contributed by atoms with Crippen LogP contribution in [0.4, 0.5) is 0 Å². The Kier molecular flexibility index (Phi) is 5.63. The van der Waals surface area contributed by atoms with Crippen LogP contribution < -0.4 is 39.4 Å². The number of fused-ring (bicyclic) bond motifs is 1. The van der Waals surface area contributed by atoms with Gasteiger partial charge < -0.3 is 19.0 Å². The molecule has 0 bridgehead atoms. The summed E-state index contributed by atoms with van der Waals surface area (Å²) in [5, 5.41) is 10.9. The Balaban J connectivity index is 0.00000225. The standard InChI is InChI=1S/C17H15NO5S.Na/c1-11-15(23-2)14-5-3-4-10-18(14)16(11)24(21,22)13-8-6-12(7-9-13)17(19)20;/h3-10H,1-2H3,(H,19,20);/q;+1/p-1. The molecule has 0 amide bonds. The number of pyridine rings is 1. The number of carbonyl (C=O) groups excluding carboxylic acids is 1. The minimum atomic E-state index is -3.86. The molecule has 8 heteroatoms. The molecule has 0 saturated heterocycles. The van der Waals surface area contributed by atoms with Crippen LogP contribution in [0.5, 0.6) is 5.75 Å². The van der Waals surface area contributed by atoms with Crippen molar-refractivity contribution < 1.29 is 52.6 Å². The maximum absolute atomic E-state index is 13.0. The van der Waals surface area contributed by atoms with Crippen molar-refractivity contribution >= 4 is 21.3 Å². The van der Waals surface area contributed by atoms with E-state index in [-0.39, 0.29) is 45.0 Å². The normalized spacial score (nSPS) is 11.1. The zero-order valence-electron chi connectivity index (χ0n) is 14.0. The van der Waals surface area contributed by atoms with Gasteiger partial charge in [0.25, 0.3) is 0 Å². The Labute approximate surface area is 167 Å². The molecule has 0 spiro atoms. The van der Waals surface area contributed by atoms with Crippen molar-refractivity contribution in [3.05, 3.63) is 59.8 Å². The third kappa shape index (κ3) is 3.20. The molecule has 0 radical (unpaired) electrons. The number of aromatic nitrogens is 1. The van der Waals surface area contributed by atoms with Crippen LogP contribution >= 0.6 is 0 Å². The van der Waals surface area contributed by atoms with Gasteiger partial charge in [-0.3, -0.25) is 0 Å². The zero-order valence-corrected chi connectivity index (χ0v) is 16.8. The summed E-state index contributed by atoms with van der Waals surface area (Å²) in [6, 6.07) is 10.2. The summed E-state index contributed by atoms with van der Waals surface area (Å²) in [5.74, 6) is -0.870. The molecule has 2 heterocycles. The molecule has 0 aliphatic rings. The van der Waals surface area contributed by atoms with E-state index < -0.39 is 15.8 Å². The molecule has 0 aliphatic heterocycles. The number of benzene rings is 1. The Morgan fingerprint density at radius 1 is 1.12 bits per heavy atom. The van der Waals surface area contributed by atoms with E-state index in [9.17, 15) is 18.3 Å². The maximum Gasteiger partial charge on any atom is 1.00 e. The van der Waals surface area contributed by atoms with Crippen LogP contribution in [0.15, 0.2) is 58.6 Å². The quantitative estimate of drug-likeness (QED) is 0.522. The van der Waals surface area contributed by atoms with E-state index in [4.69, 9.17) is 4.74 Å². The fraction of sp³-hybridized carbons (Fsp3) is 0.118. The van der Waals surface area contributed by atoms with Gasteiger partial charge in [-0.05, 0) is 36.8 Å². The minimum Gasteiger partial charge on any atom is -0.545 e. The topological polar surface area (TPSA) is 87.9 Å². The average molecular weight is 367 g/mol. The molecule has 0 N–H and O–H groups in total. The molecule has 2 aromatic heterocycles. The molecule has 1 aromatic carbocycles. The first-order valence-electron chi connectivity index (χ1n) is 7.08. The van der Waals surface area contributed by atoms with Gasteiger partial charge in [0.15, 0.2) is 5.03 Å². The van der Waals surface area contributed by atoms with Crippen LogP contribution in [-0.4, -0.2) is 25.9 Å². The van der Waals surface area contributed by atoms with Crippen molar-refractivity contribution in [3.63, 3.8) is 0 Å². The predicted octanol–water partition coefficient (Wildman–Crippen LogP) is -1.54. The average Bonchev–Trinajstić information content (AvgIpc) is 2.86. The number of ether oxygens (including phenoxy) is 1. The predicted molar refractivity (Wildman–Crippen MR) is 84.9 cm³/mol. The number of aromatic carboxylic acids is 1. The van der Waals surface area contributed by atoms with Crippen LogP contribution in [0.25, 0.3) is 5.52 Å². The van der Waals surface area contributed by atoms with Gasteiger partial charge in [-0.25, -0.2) is 8.42 Å². The Bertz CT molecular complexity index is 1040. The minimum absolute atomic E-state index is 0. The molecular weight excluding hydrogens is 353 g/mol. The monoisotopic (exact) mass is 367 g/mol. The molecule has 0 fully saturated rings. The van der Waals surface area contributed by atoms with Crippen LogP contribution in [0.3, 0.4) is 0 Å². The van der Waals surface area contributed by atoms with Gasteiger partial charge in [-0.2, -0.15) is 0 Å². The third-order valence-electron chi connectivity index (χ3n) is 3.83. The Morgan fingerprint density at radius 2 is 1.76 bits per heavy atom. The molecule has 0 atom stereocenters. The number of carbonyl (C=O) groups is 1. The van der Waals surface area contributed by atoms with E-state index >= 15 is 0 Å². The maximum atomic E-state index is 13.0. The van der Waals surface area contributed by atoms with Crippen molar-refractivity contribution in [3.8, 4) is 5.75 Å². The largest absolute Gasteiger partial charge is 1.00 e. The first-order valence-corrected chi connectivity index (χ1v) is 8.56. The van der Waals surface area contributed by atoms with Gasteiger partial charge in [0.2, 0.25) is 9.84 Å². The Morgan fingerprint density at radius 3 is 2.32 bits per heavy atom. The van der Waals surface area contributed by atoms with Crippen molar-refractivity contribution in [2.45, 2.75) is 16.8 Å². The Hall–Kier alpha value is -1.80. The van der Waals surface area contributed by atoms with Gasteiger partial charge in [-0.1, -0.05) is 18.2 Å². The second kappa shape index (κ2) is 7.21. The van der Waals surface area contributed by atoms with Crippen LogP contribution in [0, 0.1) is 6.92 Å². The fourth-order valence-electron chi connectivity index (χ4n) is 2.75. The van der Waals surface area contributed by atoms with E-state index in [2.05, 4.69) is 0 Å². The molecule has 0 aliphatic carbocycles. The summed E-state index contributed by atoms with van der Waals surface area (Å²) in [5.41, 5.74) is 1.05. The van der Waals surface area contributed by atoms with Gasteiger partial charge in [0.05, 0.1) is 23.5 Å². The number of rotatable bonds is 4. The molecule has 3 aromatic rings. The molecule has 0 saturated carbocycles. The van der Waals surface area contributed by atoms with Crippen molar-refractivity contribution in [2.75, 3.05) is 7.11 Å². The van der Waals surface area contributed by atoms with Crippen LogP contribution in [-0.2, 0) is 9.84 Å². The molecule has 3 rings (SSSR count). The molecular formula is C17H14NNaO5S. The van der Waals surface area contributed by atoms with E-state index in [0.717, 1.165) is 0 Å². The van der Waals surface area contributed by atoms with Crippen molar-refractivity contribution in [1.82, 2.24) is 4.40 Å². The van der Waals surface area contributed by atoms with E-state index in [1.165, 1.54) is 31.4 Å². The van der Waals surface area contributed by atoms with E-state index in [0.29, 0.717) is 16.8 Å².